The third kappa shape index (κ3) is 7.27. The number of guanidine groups is 1. The summed E-state index contributed by atoms with van der Waals surface area (Å²) in [5.74, 6) is 1.80. The van der Waals surface area contributed by atoms with Crippen molar-refractivity contribution in [3.8, 4) is 11.3 Å². The maximum Gasteiger partial charge on any atom is 0.193 e. The van der Waals surface area contributed by atoms with E-state index in [0.717, 1.165) is 55.3 Å². The smallest absolute Gasteiger partial charge is 0.193 e. The molecule has 0 saturated heterocycles. The zero-order valence-electron chi connectivity index (χ0n) is 17.6. The van der Waals surface area contributed by atoms with Crippen LogP contribution in [0, 0.1) is 0 Å². The highest BCUT2D eigenvalue weighted by Crippen LogP contribution is 2.26. The molecule has 0 atom stereocenters. The normalized spacial score (nSPS) is 14.0. The summed E-state index contributed by atoms with van der Waals surface area (Å²) in [7, 11) is 5.61. The predicted molar refractivity (Wildman–Crippen MR) is 129 cm³/mol. The van der Waals surface area contributed by atoms with Crippen molar-refractivity contribution < 1.29 is 4.74 Å². The Bertz CT molecular complexity index is 747. The van der Waals surface area contributed by atoms with Gasteiger partial charge in [-0.3, -0.25) is 9.89 Å². The Morgan fingerprint density at radius 2 is 2.03 bits per heavy atom. The molecule has 2 aromatic rings. The Hall–Kier alpha value is -1.65. The lowest BCUT2D eigenvalue weighted by Gasteiger charge is -2.25. The minimum Gasteiger partial charge on any atom is -0.383 e. The van der Waals surface area contributed by atoms with E-state index >= 15 is 0 Å². The van der Waals surface area contributed by atoms with Gasteiger partial charge in [0, 0.05) is 46.9 Å². The fourth-order valence-electron chi connectivity index (χ4n) is 3.33. The lowest BCUT2D eigenvalue weighted by Crippen LogP contribution is -2.43. The number of aliphatic imine (C=N–C) groups is 1. The van der Waals surface area contributed by atoms with Crippen molar-refractivity contribution in [2.24, 2.45) is 4.99 Å². The molecule has 0 radical (unpaired) electrons. The third-order valence-corrected chi connectivity index (χ3v) is 5.00. The van der Waals surface area contributed by atoms with Gasteiger partial charge >= 0.3 is 0 Å². The lowest BCUT2D eigenvalue weighted by molar-refractivity contribution is 0.144. The second-order valence-electron chi connectivity index (χ2n) is 7.20. The standard InChI is InChI=1S/C21H32N6O.HI/c1-22-21(23-11-12-27(13-14-28-3)18-9-10-18)26(2)16-20-24-15-19(25-20)17-7-5-4-6-8-17;/h4-8,15,18H,9-14,16H2,1-3H3,(H,22,23)(H,24,25);1H. The van der Waals surface area contributed by atoms with Gasteiger partial charge in [0.2, 0.25) is 0 Å². The fourth-order valence-corrected chi connectivity index (χ4v) is 3.33. The summed E-state index contributed by atoms with van der Waals surface area (Å²) in [5, 5.41) is 3.47. The number of aromatic amines is 1. The van der Waals surface area contributed by atoms with Gasteiger partial charge in [0.1, 0.15) is 5.82 Å². The van der Waals surface area contributed by atoms with E-state index in [1.807, 2.05) is 38.5 Å². The molecule has 1 aliphatic carbocycles. The summed E-state index contributed by atoms with van der Waals surface area (Å²) in [6.07, 6.45) is 4.50. The van der Waals surface area contributed by atoms with Crippen LogP contribution in [-0.2, 0) is 11.3 Å². The van der Waals surface area contributed by atoms with Crippen molar-refractivity contribution in [3.63, 3.8) is 0 Å². The molecule has 1 fully saturated rings. The highest BCUT2D eigenvalue weighted by Gasteiger charge is 2.28. The molecule has 1 heterocycles. The van der Waals surface area contributed by atoms with E-state index in [9.17, 15) is 0 Å². The number of nitrogens with one attached hydrogen (secondary N) is 2. The largest absolute Gasteiger partial charge is 0.383 e. The number of H-pyrrole nitrogens is 1. The van der Waals surface area contributed by atoms with E-state index in [4.69, 9.17) is 4.74 Å². The van der Waals surface area contributed by atoms with Crippen LogP contribution in [0.25, 0.3) is 11.3 Å². The van der Waals surface area contributed by atoms with Crippen LogP contribution in [0.3, 0.4) is 0 Å². The minimum atomic E-state index is 0. The molecule has 1 aromatic carbocycles. The Labute approximate surface area is 191 Å². The summed E-state index contributed by atoms with van der Waals surface area (Å²) < 4.78 is 5.23. The minimum absolute atomic E-state index is 0. The summed E-state index contributed by atoms with van der Waals surface area (Å²) in [5.41, 5.74) is 2.17. The molecule has 3 rings (SSSR count). The van der Waals surface area contributed by atoms with Crippen molar-refractivity contribution in [1.82, 2.24) is 25.1 Å². The average molecular weight is 512 g/mol. The van der Waals surface area contributed by atoms with Gasteiger partial charge in [-0.1, -0.05) is 30.3 Å². The SMILES string of the molecule is CN=C(NCCN(CCOC)C1CC1)N(C)Cc1ncc(-c2ccccc2)[nH]1.I. The summed E-state index contributed by atoms with van der Waals surface area (Å²) in [4.78, 5) is 16.9. The zero-order chi connectivity index (χ0) is 19.8. The van der Waals surface area contributed by atoms with Crippen LogP contribution in [0.2, 0.25) is 0 Å². The molecule has 1 saturated carbocycles. The van der Waals surface area contributed by atoms with E-state index < -0.39 is 0 Å². The van der Waals surface area contributed by atoms with Crippen LogP contribution in [0.5, 0.6) is 0 Å². The number of nitrogens with zero attached hydrogens (tertiary/aromatic N) is 4. The number of ether oxygens (including phenoxy) is 1. The molecule has 0 bridgehead atoms. The van der Waals surface area contributed by atoms with Crippen LogP contribution in [-0.4, -0.2) is 79.2 Å². The molecule has 29 heavy (non-hydrogen) atoms. The molecule has 0 unspecified atom stereocenters. The molecule has 160 valence electrons. The molecule has 0 amide bonds. The third-order valence-electron chi connectivity index (χ3n) is 5.00. The number of rotatable bonds is 10. The Balaban J connectivity index is 0.00000300. The van der Waals surface area contributed by atoms with Crippen LogP contribution in [0.15, 0.2) is 41.5 Å². The van der Waals surface area contributed by atoms with Gasteiger partial charge in [-0.05, 0) is 18.4 Å². The first-order valence-electron chi connectivity index (χ1n) is 9.95. The van der Waals surface area contributed by atoms with E-state index in [1.54, 1.807) is 7.11 Å². The van der Waals surface area contributed by atoms with Gasteiger partial charge in [0.15, 0.2) is 5.96 Å². The average Bonchev–Trinajstić information content (AvgIpc) is 3.46. The molecule has 1 aromatic heterocycles. The van der Waals surface area contributed by atoms with Crippen LogP contribution in [0.4, 0.5) is 0 Å². The van der Waals surface area contributed by atoms with Crippen molar-refractivity contribution >= 4 is 29.9 Å². The Kier molecular flexibility index (Phi) is 9.89. The van der Waals surface area contributed by atoms with Crippen molar-refractivity contribution in [2.45, 2.75) is 25.4 Å². The summed E-state index contributed by atoms with van der Waals surface area (Å²) in [6, 6.07) is 11.0. The molecular formula is C21H33IN6O. The van der Waals surface area contributed by atoms with Crippen molar-refractivity contribution in [2.75, 3.05) is 47.4 Å². The Morgan fingerprint density at radius 1 is 1.28 bits per heavy atom. The molecular weight excluding hydrogens is 479 g/mol. The number of halogens is 1. The first kappa shape index (κ1) is 23.6. The van der Waals surface area contributed by atoms with E-state index in [0.29, 0.717) is 6.54 Å². The summed E-state index contributed by atoms with van der Waals surface area (Å²) >= 11 is 0. The van der Waals surface area contributed by atoms with Crippen molar-refractivity contribution in [3.05, 3.63) is 42.4 Å². The van der Waals surface area contributed by atoms with Gasteiger partial charge in [0.25, 0.3) is 0 Å². The number of hydrogen-bond donors (Lipinski definition) is 2. The second-order valence-corrected chi connectivity index (χ2v) is 7.20. The predicted octanol–water partition coefficient (Wildman–Crippen LogP) is 2.81. The van der Waals surface area contributed by atoms with Crippen molar-refractivity contribution in [1.29, 1.82) is 0 Å². The highest BCUT2D eigenvalue weighted by atomic mass is 127. The van der Waals surface area contributed by atoms with Crippen LogP contribution in [0.1, 0.15) is 18.7 Å². The Morgan fingerprint density at radius 3 is 2.69 bits per heavy atom. The van der Waals surface area contributed by atoms with Gasteiger partial charge in [-0.2, -0.15) is 0 Å². The number of benzene rings is 1. The second kappa shape index (κ2) is 12.1. The number of hydrogen-bond acceptors (Lipinski definition) is 4. The monoisotopic (exact) mass is 512 g/mol. The fraction of sp³-hybridized carbons (Fsp3) is 0.524. The van der Waals surface area contributed by atoms with E-state index in [1.165, 1.54) is 12.8 Å². The van der Waals surface area contributed by atoms with Gasteiger partial charge in [-0.15, -0.1) is 24.0 Å². The number of methoxy groups -OCH3 is 1. The molecule has 0 spiro atoms. The van der Waals surface area contributed by atoms with Crippen LogP contribution < -0.4 is 5.32 Å². The topological polar surface area (TPSA) is 68.8 Å². The molecule has 8 heteroatoms. The first-order valence-corrected chi connectivity index (χ1v) is 9.95. The highest BCUT2D eigenvalue weighted by molar-refractivity contribution is 14.0. The van der Waals surface area contributed by atoms with E-state index in [-0.39, 0.29) is 24.0 Å². The van der Waals surface area contributed by atoms with Gasteiger partial charge in [-0.25, -0.2) is 4.98 Å². The van der Waals surface area contributed by atoms with Gasteiger partial charge < -0.3 is 19.9 Å². The van der Waals surface area contributed by atoms with Crippen LogP contribution >= 0.6 is 24.0 Å². The maximum atomic E-state index is 5.23. The maximum absolute atomic E-state index is 5.23. The number of imidazole rings is 1. The first-order chi connectivity index (χ1) is 13.7. The lowest BCUT2D eigenvalue weighted by atomic mass is 10.2. The molecule has 7 nitrogen and oxygen atoms in total. The quantitative estimate of drug-likeness (QED) is 0.291. The van der Waals surface area contributed by atoms with E-state index in [2.05, 4.69) is 42.2 Å². The van der Waals surface area contributed by atoms with Gasteiger partial charge in [0.05, 0.1) is 25.0 Å². The molecule has 0 aliphatic heterocycles. The molecule has 2 N–H and O–H groups in total. The molecule has 1 aliphatic rings. The zero-order valence-corrected chi connectivity index (χ0v) is 19.9. The summed E-state index contributed by atoms with van der Waals surface area (Å²) in [6.45, 7) is 4.31. The number of aromatic nitrogens is 2.